The van der Waals surface area contributed by atoms with Crippen molar-refractivity contribution in [1.82, 2.24) is 0 Å². The van der Waals surface area contributed by atoms with E-state index in [1.807, 2.05) is 0 Å². The summed E-state index contributed by atoms with van der Waals surface area (Å²) < 4.78 is 65.1. The second-order valence-corrected chi connectivity index (χ2v) is 3.62. The van der Waals surface area contributed by atoms with Crippen LogP contribution < -0.4 is 10.5 Å². The smallest absolute Gasteiger partial charge is 0.428 e. The third-order valence-electron chi connectivity index (χ3n) is 2.21. The van der Waals surface area contributed by atoms with Crippen LogP contribution in [0.2, 0.25) is 0 Å². The molecule has 0 aliphatic rings. The Hall–Kier alpha value is -1.37. The lowest BCUT2D eigenvalue weighted by Crippen LogP contribution is -2.33. The topological polar surface area (TPSA) is 35.2 Å². The van der Waals surface area contributed by atoms with Gasteiger partial charge in [-0.3, -0.25) is 4.39 Å². The second-order valence-electron chi connectivity index (χ2n) is 3.62. The molecular formula is C11H12F5NO. The maximum atomic E-state index is 12.6. The summed E-state index contributed by atoms with van der Waals surface area (Å²) in [5.41, 5.74) is 5.91. The fourth-order valence-electron chi connectivity index (χ4n) is 1.29. The van der Waals surface area contributed by atoms with Crippen molar-refractivity contribution in [3.8, 4) is 5.75 Å². The van der Waals surface area contributed by atoms with Crippen LogP contribution in [0.3, 0.4) is 0 Å². The molecule has 2 nitrogen and oxygen atoms in total. The summed E-state index contributed by atoms with van der Waals surface area (Å²) in [4.78, 5) is 0. The summed E-state index contributed by atoms with van der Waals surface area (Å²) in [5.74, 6) is -0.438. The Morgan fingerprint density at radius 2 is 1.94 bits per heavy atom. The maximum Gasteiger partial charge on any atom is 0.461 e. The van der Waals surface area contributed by atoms with Crippen molar-refractivity contribution in [2.24, 2.45) is 5.73 Å². The van der Waals surface area contributed by atoms with Crippen molar-refractivity contribution in [2.75, 3.05) is 6.67 Å². The van der Waals surface area contributed by atoms with Crippen LogP contribution in [-0.4, -0.2) is 19.2 Å². The minimum atomic E-state index is -4.57. The zero-order valence-corrected chi connectivity index (χ0v) is 9.25. The molecule has 7 heteroatoms. The molecule has 18 heavy (non-hydrogen) atoms. The van der Waals surface area contributed by atoms with Gasteiger partial charge in [0.25, 0.3) is 0 Å². The van der Waals surface area contributed by atoms with Crippen LogP contribution >= 0.6 is 0 Å². The Morgan fingerprint density at radius 3 is 2.50 bits per heavy atom. The van der Waals surface area contributed by atoms with Crippen LogP contribution in [0.1, 0.15) is 18.0 Å². The molecule has 0 unspecified atom stereocenters. The standard InChI is InChI=1S/C11H12F5NO/c12-5-4-9(17)7-2-1-3-8(6-7)18-11(15,16)10(13)14/h1-3,6,9-10H,4-5,17H2/t9-/m1/s1. The molecule has 0 heterocycles. The number of nitrogens with two attached hydrogens (primary N) is 1. The molecule has 102 valence electrons. The molecule has 1 rings (SSSR count). The van der Waals surface area contributed by atoms with Crippen LogP contribution in [0.5, 0.6) is 5.75 Å². The highest BCUT2D eigenvalue weighted by Crippen LogP contribution is 2.29. The Labute approximate surface area is 101 Å². The molecule has 0 amide bonds. The van der Waals surface area contributed by atoms with E-state index in [0.29, 0.717) is 5.56 Å². The zero-order valence-electron chi connectivity index (χ0n) is 9.25. The van der Waals surface area contributed by atoms with Crippen molar-refractivity contribution in [2.45, 2.75) is 25.0 Å². The highest BCUT2D eigenvalue weighted by molar-refractivity contribution is 5.30. The summed E-state index contributed by atoms with van der Waals surface area (Å²) >= 11 is 0. The Balaban J connectivity index is 2.82. The van der Waals surface area contributed by atoms with Gasteiger partial charge < -0.3 is 10.5 Å². The Morgan fingerprint density at radius 1 is 1.28 bits per heavy atom. The highest BCUT2D eigenvalue weighted by atomic mass is 19.3. The van der Waals surface area contributed by atoms with Crippen molar-refractivity contribution in [3.05, 3.63) is 29.8 Å². The number of benzene rings is 1. The number of hydrogen-bond donors (Lipinski definition) is 1. The lowest BCUT2D eigenvalue weighted by Gasteiger charge is -2.18. The predicted molar refractivity (Wildman–Crippen MR) is 55.5 cm³/mol. The number of rotatable bonds is 6. The molecule has 0 saturated carbocycles. The number of alkyl halides is 5. The Bertz CT molecular complexity index is 385. The van der Waals surface area contributed by atoms with Gasteiger partial charge in [0.1, 0.15) is 5.75 Å². The average Bonchev–Trinajstić information content (AvgIpc) is 2.29. The fourth-order valence-corrected chi connectivity index (χ4v) is 1.29. The molecule has 0 spiro atoms. The first kappa shape index (κ1) is 14.7. The summed E-state index contributed by atoms with van der Waals surface area (Å²) in [5, 5.41) is 0. The Kier molecular flexibility index (Phi) is 4.89. The molecule has 0 radical (unpaired) electrons. The minimum Gasteiger partial charge on any atom is -0.428 e. The first-order valence-electron chi connectivity index (χ1n) is 5.13. The van der Waals surface area contributed by atoms with Gasteiger partial charge in [-0.15, -0.1) is 0 Å². The monoisotopic (exact) mass is 269 g/mol. The molecule has 1 atom stereocenters. The lowest BCUT2D eigenvalue weighted by atomic mass is 10.1. The largest absolute Gasteiger partial charge is 0.461 e. The van der Waals surface area contributed by atoms with Gasteiger partial charge in [0.2, 0.25) is 0 Å². The molecule has 0 aliphatic heterocycles. The highest BCUT2D eigenvalue weighted by Gasteiger charge is 2.43. The van der Waals surface area contributed by atoms with Crippen LogP contribution in [0, 0.1) is 0 Å². The number of hydrogen-bond acceptors (Lipinski definition) is 2. The van der Waals surface area contributed by atoms with Crippen molar-refractivity contribution >= 4 is 0 Å². The van der Waals surface area contributed by atoms with E-state index in [0.717, 1.165) is 12.1 Å². The minimum absolute atomic E-state index is 0.00862. The number of halogens is 5. The predicted octanol–water partition coefficient (Wildman–Crippen LogP) is 3.28. The molecule has 0 bridgehead atoms. The van der Waals surface area contributed by atoms with Gasteiger partial charge in [-0.25, -0.2) is 0 Å². The third kappa shape index (κ3) is 3.83. The van der Waals surface area contributed by atoms with Gasteiger partial charge in [-0.05, 0) is 24.1 Å². The van der Waals surface area contributed by atoms with E-state index in [-0.39, 0.29) is 6.42 Å². The molecule has 1 aromatic carbocycles. The third-order valence-corrected chi connectivity index (χ3v) is 2.21. The lowest BCUT2D eigenvalue weighted by molar-refractivity contribution is -0.253. The molecular weight excluding hydrogens is 257 g/mol. The van der Waals surface area contributed by atoms with Gasteiger partial charge in [0.05, 0.1) is 6.67 Å². The van der Waals surface area contributed by atoms with E-state index in [2.05, 4.69) is 4.74 Å². The molecule has 0 saturated heterocycles. The molecule has 2 N–H and O–H groups in total. The summed E-state index contributed by atoms with van der Waals surface area (Å²) in [6.07, 6.45) is -8.49. The summed E-state index contributed by atoms with van der Waals surface area (Å²) in [6, 6.07) is 4.30. The fraction of sp³-hybridized carbons (Fsp3) is 0.455. The van der Waals surface area contributed by atoms with Gasteiger partial charge >= 0.3 is 12.5 Å². The van der Waals surface area contributed by atoms with E-state index in [9.17, 15) is 22.0 Å². The van der Waals surface area contributed by atoms with E-state index >= 15 is 0 Å². The van der Waals surface area contributed by atoms with Crippen LogP contribution in [0.15, 0.2) is 24.3 Å². The van der Waals surface area contributed by atoms with Crippen molar-refractivity contribution in [1.29, 1.82) is 0 Å². The normalized spacial score (nSPS) is 13.7. The van der Waals surface area contributed by atoms with E-state index in [4.69, 9.17) is 5.73 Å². The molecule has 0 aromatic heterocycles. The summed E-state index contributed by atoms with van der Waals surface area (Å²) in [7, 11) is 0. The van der Waals surface area contributed by atoms with Gasteiger partial charge in [0, 0.05) is 6.04 Å². The van der Waals surface area contributed by atoms with E-state index < -0.39 is 31.0 Å². The maximum absolute atomic E-state index is 12.6. The first-order valence-corrected chi connectivity index (χ1v) is 5.13. The summed E-state index contributed by atoms with van der Waals surface area (Å²) in [6.45, 7) is -0.667. The zero-order chi connectivity index (χ0) is 13.8. The van der Waals surface area contributed by atoms with Gasteiger partial charge in [-0.2, -0.15) is 17.6 Å². The van der Waals surface area contributed by atoms with Crippen LogP contribution in [0.25, 0.3) is 0 Å². The SMILES string of the molecule is N[C@H](CCF)c1cccc(OC(F)(F)C(F)F)c1. The van der Waals surface area contributed by atoms with Crippen molar-refractivity contribution < 1.29 is 26.7 Å². The van der Waals surface area contributed by atoms with Crippen LogP contribution in [-0.2, 0) is 0 Å². The average molecular weight is 269 g/mol. The quantitative estimate of drug-likeness (QED) is 0.804. The van der Waals surface area contributed by atoms with Crippen LogP contribution in [0.4, 0.5) is 22.0 Å². The van der Waals surface area contributed by atoms with E-state index in [1.165, 1.54) is 12.1 Å². The van der Waals surface area contributed by atoms with Gasteiger partial charge in [-0.1, -0.05) is 12.1 Å². The molecule has 0 fully saturated rings. The second kappa shape index (κ2) is 5.99. The van der Waals surface area contributed by atoms with E-state index in [1.54, 1.807) is 0 Å². The molecule has 0 aliphatic carbocycles. The van der Waals surface area contributed by atoms with Gasteiger partial charge in [0.15, 0.2) is 0 Å². The first-order chi connectivity index (χ1) is 8.36. The van der Waals surface area contributed by atoms with Crippen molar-refractivity contribution in [3.63, 3.8) is 0 Å². The molecule has 1 aromatic rings. The number of ether oxygens (including phenoxy) is 1.